The van der Waals surface area contributed by atoms with E-state index in [1.165, 1.54) is 33.1 Å². The summed E-state index contributed by atoms with van der Waals surface area (Å²) in [6, 6.07) is 27.7. The van der Waals surface area contributed by atoms with Crippen molar-refractivity contribution in [3.63, 3.8) is 0 Å². The molecule has 5 aromatic rings. The lowest BCUT2D eigenvalue weighted by Crippen LogP contribution is -2.30. The number of hydroxylamine groups is 1. The summed E-state index contributed by atoms with van der Waals surface area (Å²) in [5, 5.41) is 16.3. The predicted molar refractivity (Wildman–Crippen MR) is 204 cm³/mol. The van der Waals surface area contributed by atoms with E-state index in [0.29, 0.717) is 57.5 Å². The lowest BCUT2D eigenvalue weighted by Gasteiger charge is -2.22. The highest BCUT2D eigenvalue weighted by molar-refractivity contribution is 8.07. The Morgan fingerprint density at radius 3 is 2.44 bits per heavy atom. The van der Waals surface area contributed by atoms with Crippen molar-refractivity contribution in [2.24, 2.45) is 0 Å². The second kappa shape index (κ2) is 18.8. The lowest BCUT2D eigenvalue weighted by atomic mass is 10.2. The van der Waals surface area contributed by atoms with E-state index in [2.05, 4.69) is 5.10 Å². The Hall–Kier alpha value is -5.34. The molecule has 1 amide bonds. The van der Waals surface area contributed by atoms with Crippen molar-refractivity contribution >= 4 is 52.6 Å². The second-order valence-corrected chi connectivity index (χ2v) is 13.7. The van der Waals surface area contributed by atoms with Gasteiger partial charge in [-0.15, -0.1) is 16.9 Å². The zero-order valence-electron chi connectivity index (χ0n) is 29.4. The number of hydrogen-bond acceptors (Lipinski definition) is 10. The Morgan fingerprint density at radius 1 is 1.02 bits per heavy atom. The molecular formula is C38H32ClF4N5O5S2. The van der Waals surface area contributed by atoms with Crippen LogP contribution in [0.25, 0.3) is 5.69 Å². The van der Waals surface area contributed by atoms with Crippen LogP contribution in [0.5, 0.6) is 11.6 Å². The average molecular weight is 814 g/mol. The number of para-hydroxylation sites is 3. The first-order valence-electron chi connectivity index (χ1n) is 16.1. The number of anilines is 2. The molecule has 4 aromatic carbocycles. The molecule has 0 unspecified atom stereocenters. The van der Waals surface area contributed by atoms with E-state index in [1.54, 1.807) is 47.3 Å². The van der Waals surface area contributed by atoms with Crippen LogP contribution in [0, 0.1) is 17.1 Å². The van der Waals surface area contributed by atoms with Gasteiger partial charge < -0.3 is 19.1 Å². The van der Waals surface area contributed by atoms with Gasteiger partial charge in [0.05, 0.1) is 44.0 Å². The van der Waals surface area contributed by atoms with E-state index in [4.69, 9.17) is 30.6 Å². The summed E-state index contributed by atoms with van der Waals surface area (Å²) in [5.41, 5.74) is 1.92. The van der Waals surface area contributed by atoms with Gasteiger partial charge in [0.15, 0.2) is 0 Å². The molecule has 1 fully saturated rings. The summed E-state index contributed by atoms with van der Waals surface area (Å²) < 4.78 is 70.5. The molecule has 1 saturated heterocycles. The van der Waals surface area contributed by atoms with E-state index in [1.807, 2.05) is 53.4 Å². The van der Waals surface area contributed by atoms with Crippen LogP contribution in [-0.2, 0) is 22.4 Å². The van der Waals surface area contributed by atoms with Gasteiger partial charge >= 0.3 is 12.3 Å². The molecule has 0 spiro atoms. The van der Waals surface area contributed by atoms with E-state index in [0.717, 1.165) is 34.1 Å². The molecule has 10 nitrogen and oxygen atoms in total. The number of methoxy groups -OCH3 is 2. The Labute approximate surface area is 327 Å². The maximum absolute atomic E-state index is 14.1. The zero-order valence-corrected chi connectivity index (χ0v) is 31.8. The van der Waals surface area contributed by atoms with Gasteiger partial charge in [-0.1, -0.05) is 53.7 Å². The molecule has 0 bridgehead atoms. The van der Waals surface area contributed by atoms with Crippen molar-refractivity contribution in [3.8, 4) is 23.4 Å². The maximum Gasteiger partial charge on any atom is 0.438 e. The Morgan fingerprint density at radius 2 is 1.75 bits per heavy atom. The van der Waals surface area contributed by atoms with E-state index < -0.39 is 23.7 Å². The molecule has 0 radical (unpaired) electrons. The third-order valence-corrected chi connectivity index (χ3v) is 10.2. The van der Waals surface area contributed by atoms with Crippen molar-refractivity contribution in [2.75, 3.05) is 43.6 Å². The van der Waals surface area contributed by atoms with E-state index in [9.17, 15) is 27.6 Å². The summed E-state index contributed by atoms with van der Waals surface area (Å²) in [6.45, 7) is 0.793. The molecule has 6 rings (SSSR count). The number of ether oxygens (including phenoxy) is 3. The van der Waals surface area contributed by atoms with Crippen molar-refractivity contribution in [1.82, 2.24) is 9.78 Å². The molecule has 17 heteroatoms. The van der Waals surface area contributed by atoms with Gasteiger partial charge in [-0.05, 0) is 60.7 Å². The second-order valence-electron chi connectivity index (χ2n) is 11.1. The van der Waals surface area contributed by atoms with Crippen LogP contribution in [0.3, 0.4) is 0 Å². The Kier molecular flexibility index (Phi) is 14.0. The number of benzene rings is 4. The molecule has 0 N–H and O–H groups in total. The fourth-order valence-corrected chi connectivity index (χ4v) is 7.36. The molecule has 2 heterocycles. The molecule has 0 aliphatic carbocycles. The number of hydrogen-bond donors (Lipinski definition) is 0. The number of rotatable bonds is 10. The first-order chi connectivity index (χ1) is 26.5. The highest BCUT2D eigenvalue weighted by atomic mass is 35.5. The summed E-state index contributed by atoms with van der Waals surface area (Å²) in [6.07, 6.45) is -3.42. The Balaban J connectivity index is 0.000000211. The first kappa shape index (κ1) is 40.8. The minimum Gasteiger partial charge on any atom is -0.495 e. The number of alkyl halides is 3. The van der Waals surface area contributed by atoms with Crippen LogP contribution in [0.4, 0.5) is 33.7 Å². The summed E-state index contributed by atoms with van der Waals surface area (Å²) in [7, 11) is 4.21. The van der Waals surface area contributed by atoms with Gasteiger partial charge in [0.1, 0.15) is 34.2 Å². The van der Waals surface area contributed by atoms with Crippen molar-refractivity contribution in [3.05, 3.63) is 135 Å². The van der Waals surface area contributed by atoms with Crippen LogP contribution in [0.2, 0.25) is 5.02 Å². The highest BCUT2D eigenvalue weighted by Crippen LogP contribution is 2.44. The van der Waals surface area contributed by atoms with Crippen LogP contribution in [0.1, 0.15) is 11.1 Å². The topological polar surface area (TPSA) is 102 Å². The zero-order chi connectivity index (χ0) is 39.5. The quantitative estimate of drug-likeness (QED) is 0.0586. The van der Waals surface area contributed by atoms with Crippen LogP contribution >= 0.6 is 35.1 Å². The SMILES string of the molecule is COC(=O)N(OC)c1ccccc1COc1ccn(-c2ccc(Cl)cc2)n1.COc1ccccc1N1CCS/C1=C(/C#N)Sc1cc(C(F)(F)F)ccc1F. The summed E-state index contributed by atoms with van der Waals surface area (Å²) in [5.74, 6) is 0.930. The third-order valence-electron chi connectivity index (χ3n) is 7.71. The number of carbonyl (C=O) groups is 1. The normalized spacial score (nSPS) is 13.3. The number of carbonyl (C=O) groups excluding carboxylic acids is 1. The minimum absolute atomic E-state index is 0.131. The highest BCUT2D eigenvalue weighted by Gasteiger charge is 2.32. The van der Waals surface area contributed by atoms with E-state index >= 15 is 0 Å². The Bertz CT molecular complexity index is 2180. The number of amides is 1. The van der Waals surface area contributed by atoms with Gasteiger partial charge in [0.25, 0.3) is 0 Å². The van der Waals surface area contributed by atoms with Crippen LogP contribution in [0.15, 0.2) is 118 Å². The lowest BCUT2D eigenvalue weighted by molar-refractivity contribution is -0.137. The third kappa shape index (κ3) is 10.3. The average Bonchev–Trinajstić information content (AvgIpc) is 3.88. The minimum atomic E-state index is -4.59. The number of nitrogens with zero attached hydrogens (tertiary/aromatic N) is 5. The monoisotopic (exact) mass is 813 g/mol. The smallest absolute Gasteiger partial charge is 0.438 e. The maximum atomic E-state index is 14.1. The van der Waals surface area contributed by atoms with Crippen molar-refractivity contribution in [2.45, 2.75) is 17.7 Å². The number of aromatic nitrogens is 2. The molecule has 0 saturated carbocycles. The molecule has 0 atom stereocenters. The fraction of sp³-hybridized carbons (Fsp3) is 0.184. The van der Waals surface area contributed by atoms with Crippen LogP contribution in [-0.4, -0.2) is 49.5 Å². The van der Waals surface area contributed by atoms with Gasteiger partial charge in [-0.3, -0.25) is 4.84 Å². The molecule has 55 heavy (non-hydrogen) atoms. The summed E-state index contributed by atoms with van der Waals surface area (Å²) >= 11 is 7.99. The molecule has 1 aromatic heterocycles. The molecule has 1 aliphatic heterocycles. The molecular weight excluding hydrogens is 782 g/mol. The molecule has 1 aliphatic rings. The predicted octanol–water partition coefficient (Wildman–Crippen LogP) is 10.1. The first-order valence-corrected chi connectivity index (χ1v) is 18.3. The van der Waals surface area contributed by atoms with Crippen LogP contribution < -0.4 is 19.4 Å². The largest absolute Gasteiger partial charge is 0.495 e. The van der Waals surface area contributed by atoms with Gasteiger partial charge in [0, 0.05) is 40.0 Å². The number of halogens is 5. The fourth-order valence-electron chi connectivity index (χ4n) is 5.12. The summed E-state index contributed by atoms with van der Waals surface area (Å²) in [4.78, 5) is 18.7. The number of allylic oxidation sites excluding steroid dienone is 1. The molecule has 286 valence electrons. The van der Waals surface area contributed by atoms with Gasteiger partial charge in [0.2, 0.25) is 5.88 Å². The number of nitriles is 1. The van der Waals surface area contributed by atoms with Gasteiger partial charge in [-0.25, -0.2) is 13.9 Å². The standard InChI is InChI=1S/C19H18ClN3O4.C19H14F4N2OS2/c1-25-19(24)23(26-2)17-6-4-3-5-14(17)13-27-18-11-12-22(21-18)16-9-7-15(20)8-10-16;1-26-15-5-3-2-4-14(15)25-8-9-27-18(25)17(11-24)28-16-10-12(19(21,22)23)6-7-13(16)20/h3-12H,13H2,1-2H3;2-7,10H,8-9H2,1H3/b;18-17-. The van der Waals surface area contributed by atoms with Crippen molar-refractivity contribution < 1.29 is 41.4 Å². The van der Waals surface area contributed by atoms with E-state index in [-0.39, 0.29) is 16.4 Å². The number of thioether (sulfide) groups is 2. The van der Waals surface area contributed by atoms with Gasteiger partial charge in [-0.2, -0.15) is 23.5 Å². The van der Waals surface area contributed by atoms with Crippen molar-refractivity contribution in [1.29, 1.82) is 5.26 Å².